The van der Waals surface area contributed by atoms with Crippen molar-refractivity contribution in [3.05, 3.63) is 58.8 Å². The molecule has 1 saturated heterocycles. The molecule has 6 aliphatic heterocycles. The average molecular weight is 1330 g/mol. The maximum absolute atomic E-state index is 14.3. The fourth-order valence-corrected chi connectivity index (χ4v) is 16.0. The van der Waals surface area contributed by atoms with Gasteiger partial charge in [0.15, 0.2) is 6.23 Å². The molecule has 14 atom stereocenters. The van der Waals surface area contributed by atoms with E-state index < -0.39 is 137 Å². The van der Waals surface area contributed by atoms with Crippen molar-refractivity contribution >= 4 is 83.1 Å². The van der Waals surface area contributed by atoms with Gasteiger partial charge in [0.2, 0.25) is 41.4 Å². The number of amides is 7. The van der Waals surface area contributed by atoms with E-state index in [4.69, 9.17) is 72.9 Å². The van der Waals surface area contributed by atoms with Crippen LogP contribution < -0.4 is 49.3 Å². The quantitative estimate of drug-likeness (QED) is 0.0580. The molecule has 0 saturated carbocycles. The molecule has 8 bridgehead atoms. The number of methoxy groups -OCH3 is 1. The van der Waals surface area contributed by atoms with Crippen molar-refractivity contribution in [3.63, 3.8) is 0 Å². The molecule has 499 valence electrons. The number of hydrogen-bond acceptors (Lipinski definition) is 20. The number of nitrogens with zero attached hydrogens (tertiary/aromatic N) is 6. The first-order chi connectivity index (χ1) is 42.0. The van der Waals surface area contributed by atoms with Crippen molar-refractivity contribution in [2.24, 2.45) is 99.7 Å². The third-order valence-corrected chi connectivity index (χ3v) is 20.9. The summed E-state index contributed by atoms with van der Waals surface area (Å²) in [6.45, 7) is 14.9. The Balaban J connectivity index is 0.0000118. The van der Waals surface area contributed by atoms with E-state index in [1.54, 1.807) is 45.9 Å². The van der Waals surface area contributed by atoms with Crippen LogP contribution in [-0.2, 0) is 68.7 Å². The van der Waals surface area contributed by atoms with E-state index in [9.17, 15) is 53.2 Å². The predicted molar refractivity (Wildman–Crippen MR) is 329 cm³/mol. The molecule has 6 aliphatic rings. The number of phosphoric acid groups is 1. The number of nitrogens with two attached hydrogens (primary N) is 6. The zero-order chi connectivity index (χ0) is 66.5. The van der Waals surface area contributed by atoms with Crippen molar-refractivity contribution in [2.75, 3.05) is 20.3 Å². The SMILES string of the molecule is COc1ccc2c(c1)ncn2C1OC(CO)C(OP(=O)([O-])OC(C)CNC(=O)CCC2(C)/C3=C(\C)C4=N/C(=C\C5=NC(=C(/C)C6=NC(C)(C(=N3)C2CC(N)=O)C(C)(CC(N)=O)C6CCC(N)=O)/C(C)(CC(N)=O)C5CCC(N)=O)C(C)(C)C4CCC(N)=O)C1O.[Co]. The zero-order valence-electron chi connectivity index (χ0n) is 52.9. The molecular weight excluding hydrogens is 1240 g/mol. The largest absolute Gasteiger partial charge is 0.756 e. The minimum absolute atomic E-state index is 0. The summed E-state index contributed by atoms with van der Waals surface area (Å²) in [5.74, 6) is -7.10. The van der Waals surface area contributed by atoms with Gasteiger partial charge < -0.3 is 77.9 Å². The number of phosphoric ester groups is 1. The summed E-state index contributed by atoms with van der Waals surface area (Å²) in [6.07, 6.45) is -5.16. The van der Waals surface area contributed by atoms with Crippen LogP contribution in [0.3, 0.4) is 0 Å². The van der Waals surface area contributed by atoms with E-state index in [2.05, 4.69) is 10.3 Å². The molecule has 1 radical (unpaired) electrons. The third-order valence-electron chi connectivity index (χ3n) is 19.8. The molecular formula is C61H85CoN13O15P-. The standard InChI is InChI=1S/C61H86N13O15P.Co/c1-29(88-90(84,85)89-52-40(27-75)87-56(51(52)83)74-28-69-38-21-32(86-10)11-15-39(38)74)26-68-48(82)19-20-58(6)36(22-45(65)79)55-61(9)60(8,25-47(67)81)35(14-18-44(64)78)50(73-61)31(3)54-59(7,24-46(66)80)33(12-16-42(62)76)37(70-54)23-41-57(4,5)34(13-17-43(63)77)49(71-41)30(2)53(58)72-55;/h11,15,21,23,28-29,33-36,40,51-52,56,75,83H,12-14,16-20,22,24-27H2,1-10H3,(H2,62,76)(H2,63,77)(H2,64,78)(H2,65,79)(H2,66,80)(H2,67,81)(H,68,82)(H,84,85);/p-1/b41-23-,53-30-,54-31-;. The summed E-state index contributed by atoms with van der Waals surface area (Å²) in [7, 11) is -3.84. The van der Waals surface area contributed by atoms with Crippen molar-refractivity contribution in [1.82, 2.24) is 14.9 Å². The molecule has 1 aromatic carbocycles. The van der Waals surface area contributed by atoms with Crippen LogP contribution in [0.5, 0.6) is 5.75 Å². The second-order valence-electron chi connectivity index (χ2n) is 26.2. The monoisotopic (exact) mass is 1330 g/mol. The van der Waals surface area contributed by atoms with Crippen LogP contribution in [-0.4, -0.2) is 134 Å². The van der Waals surface area contributed by atoms with E-state index in [1.165, 1.54) is 24.9 Å². The van der Waals surface area contributed by atoms with Crippen molar-refractivity contribution in [3.8, 4) is 5.75 Å². The Morgan fingerprint density at radius 3 is 1.96 bits per heavy atom. The first-order valence-corrected chi connectivity index (χ1v) is 31.5. The van der Waals surface area contributed by atoms with Gasteiger partial charge >= 0.3 is 0 Å². The number of aliphatic hydroxyl groups is 2. The summed E-state index contributed by atoms with van der Waals surface area (Å²) >= 11 is 0. The number of carbonyl (C=O) groups excluding carboxylic acids is 7. The molecule has 8 rings (SSSR count). The third kappa shape index (κ3) is 13.8. The molecule has 15 N–H and O–H groups in total. The maximum Gasteiger partial charge on any atom is 0.268 e. The second kappa shape index (κ2) is 27.0. The smallest absolute Gasteiger partial charge is 0.268 e. The fourth-order valence-electron chi connectivity index (χ4n) is 14.9. The van der Waals surface area contributed by atoms with Crippen molar-refractivity contribution in [1.29, 1.82) is 0 Å². The summed E-state index contributed by atoms with van der Waals surface area (Å²) in [5, 5.41) is 24.4. The van der Waals surface area contributed by atoms with Gasteiger partial charge in [-0.25, -0.2) is 4.98 Å². The van der Waals surface area contributed by atoms with E-state index in [0.717, 1.165) is 0 Å². The van der Waals surface area contributed by atoms with Crippen LogP contribution in [0.15, 0.2) is 78.8 Å². The minimum Gasteiger partial charge on any atom is -0.756 e. The van der Waals surface area contributed by atoms with Gasteiger partial charge in [-0.2, -0.15) is 0 Å². The number of primary amides is 6. The van der Waals surface area contributed by atoms with Gasteiger partial charge in [0, 0.05) is 142 Å². The van der Waals surface area contributed by atoms with Crippen LogP contribution >= 0.6 is 7.82 Å². The summed E-state index contributed by atoms with van der Waals surface area (Å²) in [6, 6.07) is 5.00. The van der Waals surface area contributed by atoms with Gasteiger partial charge in [-0.3, -0.25) is 58.1 Å². The van der Waals surface area contributed by atoms with Crippen molar-refractivity contribution in [2.45, 2.75) is 169 Å². The molecule has 2 aromatic rings. The van der Waals surface area contributed by atoms with E-state index in [-0.39, 0.29) is 99.7 Å². The molecule has 1 aromatic heterocycles. The number of aromatic nitrogens is 2. The van der Waals surface area contributed by atoms with Crippen LogP contribution in [0.1, 0.15) is 139 Å². The minimum atomic E-state index is -5.33. The molecule has 7 heterocycles. The molecule has 0 spiro atoms. The van der Waals surface area contributed by atoms with Crippen LogP contribution in [0.2, 0.25) is 0 Å². The molecule has 14 unspecified atom stereocenters. The van der Waals surface area contributed by atoms with E-state index in [1.807, 2.05) is 33.8 Å². The molecule has 7 amide bonds. The van der Waals surface area contributed by atoms with Crippen LogP contribution in [0, 0.1) is 45.3 Å². The van der Waals surface area contributed by atoms with Gasteiger partial charge in [-0.1, -0.05) is 34.6 Å². The molecule has 0 aliphatic carbocycles. The number of allylic oxidation sites excluding steroid dienone is 6. The number of carbonyl (C=O) groups is 7. The number of aliphatic hydroxyl groups excluding tert-OH is 2. The first kappa shape index (κ1) is 71.6. The molecule has 91 heavy (non-hydrogen) atoms. The number of aliphatic imine (C=N–C) groups is 4. The number of imidazole rings is 1. The fraction of sp³-hybridized carbons (Fsp3) is 0.607. The number of ether oxygens (including phenoxy) is 2. The van der Waals surface area contributed by atoms with Gasteiger partial charge in [0.05, 0.1) is 54.3 Å². The Labute approximate surface area is 537 Å². The normalized spacial score (nSPS) is 33.0. The van der Waals surface area contributed by atoms with Crippen LogP contribution in [0.25, 0.3) is 11.0 Å². The molecule has 1 fully saturated rings. The molecule has 28 nitrogen and oxygen atoms in total. The first-order valence-electron chi connectivity index (χ1n) is 30.1. The summed E-state index contributed by atoms with van der Waals surface area (Å²) in [4.78, 5) is 133. The van der Waals surface area contributed by atoms with Gasteiger partial charge in [-0.05, 0) is 82.7 Å². The van der Waals surface area contributed by atoms with Crippen molar-refractivity contribution < 1.29 is 88.5 Å². The number of rotatable bonds is 27. The zero-order valence-corrected chi connectivity index (χ0v) is 54.8. The van der Waals surface area contributed by atoms with Crippen LogP contribution in [0.4, 0.5) is 0 Å². The Hall–Kier alpha value is -6.82. The number of benzene rings is 1. The van der Waals surface area contributed by atoms with Gasteiger partial charge in [0.1, 0.15) is 29.6 Å². The summed E-state index contributed by atoms with van der Waals surface area (Å²) in [5.41, 5.74) is 34.4. The Kier molecular flexibility index (Phi) is 21.3. The number of nitrogens with one attached hydrogen (secondary N) is 1. The maximum atomic E-state index is 14.3. The topological polar surface area (TPSA) is 472 Å². The van der Waals surface area contributed by atoms with E-state index >= 15 is 0 Å². The Morgan fingerprint density at radius 1 is 0.780 bits per heavy atom. The average Bonchev–Trinajstić information content (AvgIpc) is 1.53. The van der Waals surface area contributed by atoms with Gasteiger partial charge in [-0.15, -0.1) is 0 Å². The Bertz CT molecular complexity index is 3580. The second-order valence-corrected chi connectivity index (χ2v) is 27.5. The Morgan fingerprint density at radius 2 is 1.37 bits per heavy atom. The summed E-state index contributed by atoms with van der Waals surface area (Å²) < 4.78 is 37.0. The van der Waals surface area contributed by atoms with Gasteiger partial charge in [0.25, 0.3) is 7.82 Å². The number of fused-ring (bicyclic) bond motifs is 6. The predicted octanol–water partition coefficient (Wildman–Crippen LogP) is 2.40. The number of hydrogen-bond donors (Lipinski definition) is 9. The van der Waals surface area contributed by atoms with E-state index in [0.29, 0.717) is 62.2 Å². The molecule has 30 heteroatoms.